The van der Waals surface area contributed by atoms with Crippen LogP contribution in [-0.2, 0) is 14.3 Å². The molecule has 178 valence electrons. The number of thioether (sulfide) groups is 1. The third-order valence-corrected chi connectivity index (χ3v) is 6.61. The molecule has 0 radical (unpaired) electrons. The Morgan fingerprint density at radius 3 is 2.60 bits per heavy atom. The van der Waals surface area contributed by atoms with E-state index in [9.17, 15) is 19.2 Å². The SMILES string of the molecule is O=C(CN1C(=O)S/C(=C\c2coc3ccccc3c2=O)C1=O)Nc1ccccc1N1CCOCC1. The summed E-state index contributed by atoms with van der Waals surface area (Å²) < 4.78 is 10.9. The molecular weight excluding hydrogens is 470 g/mol. The number of fused-ring (bicyclic) bond motifs is 1. The lowest BCUT2D eigenvalue weighted by molar-refractivity contribution is -0.127. The first-order valence-corrected chi connectivity index (χ1v) is 11.8. The molecule has 2 aromatic carbocycles. The van der Waals surface area contributed by atoms with E-state index in [1.165, 1.54) is 12.3 Å². The molecule has 0 bridgehead atoms. The minimum absolute atomic E-state index is 0.0547. The van der Waals surface area contributed by atoms with Crippen LogP contribution in [0.25, 0.3) is 17.0 Å². The van der Waals surface area contributed by atoms with Gasteiger partial charge in [0.25, 0.3) is 11.1 Å². The molecule has 0 spiro atoms. The van der Waals surface area contributed by atoms with Crippen LogP contribution in [0, 0.1) is 0 Å². The van der Waals surface area contributed by atoms with Crippen molar-refractivity contribution < 1.29 is 23.5 Å². The highest BCUT2D eigenvalue weighted by Crippen LogP contribution is 2.32. The second-order valence-corrected chi connectivity index (χ2v) is 8.94. The zero-order valence-corrected chi connectivity index (χ0v) is 19.4. The number of benzene rings is 2. The molecule has 3 amide bonds. The molecular formula is C25H21N3O6S. The molecule has 1 N–H and O–H groups in total. The van der Waals surface area contributed by atoms with E-state index in [2.05, 4.69) is 10.2 Å². The average molecular weight is 492 g/mol. The number of carbonyl (C=O) groups is 3. The first-order valence-electron chi connectivity index (χ1n) is 11.0. The maximum absolute atomic E-state index is 12.9. The molecule has 10 heteroatoms. The van der Waals surface area contributed by atoms with Crippen LogP contribution in [0.3, 0.4) is 0 Å². The fourth-order valence-corrected chi connectivity index (χ4v) is 4.79. The lowest BCUT2D eigenvalue weighted by Crippen LogP contribution is -2.38. The lowest BCUT2D eigenvalue weighted by atomic mass is 10.1. The van der Waals surface area contributed by atoms with E-state index >= 15 is 0 Å². The Balaban J connectivity index is 1.31. The van der Waals surface area contributed by atoms with Gasteiger partial charge in [0.15, 0.2) is 5.43 Å². The van der Waals surface area contributed by atoms with Crippen LogP contribution >= 0.6 is 11.8 Å². The molecule has 5 rings (SSSR count). The Labute approximate surface area is 204 Å². The van der Waals surface area contributed by atoms with Crippen molar-refractivity contribution in [3.8, 4) is 0 Å². The maximum Gasteiger partial charge on any atom is 0.294 e. The normalized spacial score (nSPS) is 17.4. The van der Waals surface area contributed by atoms with Gasteiger partial charge in [-0.15, -0.1) is 0 Å². The van der Waals surface area contributed by atoms with Crippen LogP contribution in [0.4, 0.5) is 16.2 Å². The van der Waals surface area contributed by atoms with Gasteiger partial charge < -0.3 is 19.4 Å². The predicted octanol–water partition coefficient (Wildman–Crippen LogP) is 3.30. The molecule has 3 aromatic rings. The standard InChI is InChI=1S/C25H21N3O6S/c29-22(26-18-6-2-3-7-19(18)27-9-11-33-12-10-27)14-28-24(31)21(35-25(28)32)13-16-15-34-20-8-4-1-5-17(20)23(16)30/h1-8,13,15H,9-12,14H2,(H,26,29)/b21-13-. The van der Waals surface area contributed by atoms with Crippen molar-refractivity contribution in [3.63, 3.8) is 0 Å². The summed E-state index contributed by atoms with van der Waals surface area (Å²) in [5.41, 5.74) is 1.71. The third-order valence-electron chi connectivity index (χ3n) is 5.70. The Bertz CT molecular complexity index is 1410. The van der Waals surface area contributed by atoms with Gasteiger partial charge in [0, 0.05) is 13.1 Å². The van der Waals surface area contributed by atoms with Crippen molar-refractivity contribution in [2.75, 3.05) is 43.1 Å². The molecule has 0 saturated carbocycles. The highest BCUT2D eigenvalue weighted by molar-refractivity contribution is 8.18. The average Bonchev–Trinajstić information content (AvgIpc) is 3.14. The Kier molecular flexibility index (Phi) is 6.39. The number of nitrogens with zero attached hydrogens (tertiary/aromatic N) is 2. The summed E-state index contributed by atoms with van der Waals surface area (Å²) in [6.45, 7) is 2.15. The van der Waals surface area contributed by atoms with Gasteiger partial charge in [-0.1, -0.05) is 24.3 Å². The zero-order chi connectivity index (χ0) is 24.4. The number of imide groups is 1. The van der Waals surface area contributed by atoms with Crippen LogP contribution in [0.15, 0.2) is 68.9 Å². The van der Waals surface area contributed by atoms with Gasteiger partial charge in [-0.05, 0) is 42.1 Å². The molecule has 3 heterocycles. The second-order valence-electron chi connectivity index (χ2n) is 7.95. The van der Waals surface area contributed by atoms with Gasteiger partial charge in [-0.2, -0.15) is 0 Å². The molecule has 2 fully saturated rings. The van der Waals surface area contributed by atoms with E-state index in [1.54, 1.807) is 36.4 Å². The monoisotopic (exact) mass is 491 g/mol. The van der Waals surface area contributed by atoms with Crippen molar-refractivity contribution in [3.05, 3.63) is 75.5 Å². The van der Waals surface area contributed by atoms with Crippen molar-refractivity contribution in [2.24, 2.45) is 0 Å². The van der Waals surface area contributed by atoms with Crippen molar-refractivity contribution in [2.45, 2.75) is 0 Å². The van der Waals surface area contributed by atoms with Crippen LogP contribution in [-0.4, -0.2) is 54.8 Å². The van der Waals surface area contributed by atoms with E-state index in [1.807, 2.05) is 12.1 Å². The van der Waals surface area contributed by atoms with Crippen LogP contribution in [0.5, 0.6) is 0 Å². The molecule has 0 unspecified atom stereocenters. The third kappa shape index (κ3) is 4.71. The van der Waals surface area contributed by atoms with Gasteiger partial charge in [-0.3, -0.25) is 24.1 Å². The molecule has 9 nitrogen and oxygen atoms in total. The number of hydrogen-bond donors (Lipinski definition) is 1. The Hall–Kier alpha value is -3.89. The summed E-state index contributed by atoms with van der Waals surface area (Å²) in [5, 5.41) is 2.60. The molecule has 2 saturated heterocycles. The molecule has 2 aliphatic heterocycles. The fourth-order valence-electron chi connectivity index (χ4n) is 3.96. The zero-order valence-electron chi connectivity index (χ0n) is 18.6. The van der Waals surface area contributed by atoms with Gasteiger partial charge >= 0.3 is 0 Å². The van der Waals surface area contributed by atoms with Crippen LogP contribution < -0.4 is 15.6 Å². The highest BCUT2D eigenvalue weighted by Gasteiger charge is 2.36. The summed E-state index contributed by atoms with van der Waals surface area (Å²) in [7, 11) is 0. The van der Waals surface area contributed by atoms with Crippen LogP contribution in [0.1, 0.15) is 5.56 Å². The van der Waals surface area contributed by atoms with Crippen molar-refractivity contribution >= 4 is 57.2 Å². The number of rotatable bonds is 5. The first kappa shape index (κ1) is 22.9. The van der Waals surface area contributed by atoms with E-state index in [-0.39, 0.29) is 15.9 Å². The fraction of sp³-hybridized carbons (Fsp3) is 0.200. The number of hydrogen-bond acceptors (Lipinski definition) is 8. The molecule has 35 heavy (non-hydrogen) atoms. The summed E-state index contributed by atoms with van der Waals surface area (Å²) in [6.07, 6.45) is 2.59. The van der Waals surface area contributed by atoms with Gasteiger partial charge in [-0.25, -0.2) is 0 Å². The summed E-state index contributed by atoms with van der Waals surface area (Å²) in [6, 6.07) is 14.1. The van der Waals surface area contributed by atoms with Crippen molar-refractivity contribution in [1.29, 1.82) is 0 Å². The quantitative estimate of drug-likeness (QED) is 0.542. The summed E-state index contributed by atoms with van der Waals surface area (Å²) in [5.74, 6) is -1.14. The molecule has 0 atom stereocenters. The maximum atomic E-state index is 12.9. The predicted molar refractivity (Wildman–Crippen MR) is 133 cm³/mol. The van der Waals surface area contributed by atoms with E-state index < -0.39 is 23.6 Å². The summed E-state index contributed by atoms with van der Waals surface area (Å²) >= 11 is 0.681. The van der Waals surface area contributed by atoms with Gasteiger partial charge in [0.2, 0.25) is 5.91 Å². The molecule has 1 aromatic heterocycles. The number of anilines is 2. The highest BCUT2D eigenvalue weighted by atomic mass is 32.2. The minimum Gasteiger partial charge on any atom is -0.463 e. The van der Waals surface area contributed by atoms with E-state index in [0.29, 0.717) is 54.7 Å². The van der Waals surface area contributed by atoms with Crippen LogP contribution in [0.2, 0.25) is 0 Å². The lowest BCUT2D eigenvalue weighted by Gasteiger charge is -2.30. The van der Waals surface area contributed by atoms with Gasteiger partial charge in [0.05, 0.1) is 40.4 Å². The number of nitrogens with one attached hydrogen (secondary N) is 1. The number of carbonyl (C=O) groups excluding carboxylic acids is 3. The largest absolute Gasteiger partial charge is 0.463 e. The number of para-hydroxylation sites is 3. The Morgan fingerprint density at radius 2 is 1.77 bits per heavy atom. The number of morpholine rings is 1. The second kappa shape index (κ2) is 9.77. The molecule has 2 aliphatic rings. The van der Waals surface area contributed by atoms with E-state index in [0.717, 1.165) is 10.6 Å². The Morgan fingerprint density at radius 1 is 1.03 bits per heavy atom. The van der Waals surface area contributed by atoms with Gasteiger partial charge in [0.1, 0.15) is 18.4 Å². The van der Waals surface area contributed by atoms with E-state index in [4.69, 9.17) is 9.15 Å². The smallest absolute Gasteiger partial charge is 0.294 e. The minimum atomic E-state index is -0.635. The van der Waals surface area contributed by atoms with Crippen molar-refractivity contribution in [1.82, 2.24) is 4.90 Å². The topological polar surface area (TPSA) is 109 Å². The number of ether oxygens (including phenoxy) is 1. The molecule has 0 aliphatic carbocycles. The number of amides is 3. The summed E-state index contributed by atoms with van der Waals surface area (Å²) in [4.78, 5) is 53.9. The first-order chi connectivity index (χ1) is 17.0.